The van der Waals surface area contributed by atoms with Crippen LogP contribution in [0.15, 0.2) is 53.4 Å². The molecule has 0 saturated carbocycles. The summed E-state index contributed by atoms with van der Waals surface area (Å²) in [6.07, 6.45) is 0. The van der Waals surface area contributed by atoms with E-state index in [1.807, 2.05) is 9.80 Å². The standard InChI is InChI=1S/C22H26FN5O5S/c23-18-4-3-5-19(16-18)34(32,33)27-14-12-26(13-15-27)22(29)17-24-8-10-25(11-9-24)20-6-1-2-7-21(20)28(30)31/h1-7,16H,8-15,17H2. The fourth-order valence-electron chi connectivity index (χ4n) is 4.28. The van der Waals surface area contributed by atoms with Gasteiger partial charge in [-0.05, 0) is 24.3 Å². The summed E-state index contributed by atoms with van der Waals surface area (Å²) in [6, 6.07) is 11.5. The molecule has 2 aromatic carbocycles. The van der Waals surface area contributed by atoms with Crippen molar-refractivity contribution in [2.75, 3.05) is 63.8 Å². The summed E-state index contributed by atoms with van der Waals surface area (Å²) >= 11 is 0. The van der Waals surface area contributed by atoms with Crippen LogP contribution in [-0.2, 0) is 14.8 Å². The van der Waals surface area contributed by atoms with E-state index in [9.17, 15) is 27.7 Å². The molecule has 12 heteroatoms. The molecular weight excluding hydrogens is 465 g/mol. The van der Waals surface area contributed by atoms with Gasteiger partial charge in [0.2, 0.25) is 15.9 Å². The number of para-hydroxylation sites is 2. The summed E-state index contributed by atoms with van der Waals surface area (Å²) < 4.78 is 40.2. The Balaban J connectivity index is 1.28. The molecular formula is C22H26FN5O5S. The van der Waals surface area contributed by atoms with Crippen LogP contribution < -0.4 is 4.90 Å². The maximum absolute atomic E-state index is 13.5. The second-order valence-corrected chi connectivity index (χ2v) is 10.2. The van der Waals surface area contributed by atoms with Crippen molar-refractivity contribution in [2.45, 2.75) is 4.90 Å². The number of hydrogen-bond acceptors (Lipinski definition) is 7. The predicted octanol–water partition coefficient (Wildman–Crippen LogP) is 1.39. The average Bonchev–Trinajstić information content (AvgIpc) is 2.84. The number of benzene rings is 2. The van der Waals surface area contributed by atoms with Crippen molar-refractivity contribution in [1.82, 2.24) is 14.1 Å². The van der Waals surface area contributed by atoms with Crippen molar-refractivity contribution < 1.29 is 22.5 Å². The van der Waals surface area contributed by atoms with E-state index < -0.39 is 15.8 Å². The lowest BCUT2D eigenvalue weighted by atomic mass is 10.2. The minimum absolute atomic E-state index is 0.0677. The van der Waals surface area contributed by atoms with E-state index in [-0.39, 0.29) is 54.1 Å². The van der Waals surface area contributed by atoms with Gasteiger partial charge >= 0.3 is 0 Å². The highest BCUT2D eigenvalue weighted by molar-refractivity contribution is 7.89. The van der Waals surface area contributed by atoms with Crippen molar-refractivity contribution in [3.8, 4) is 0 Å². The number of carbonyl (C=O) groups is 1. The summed E-state index contributed by atoms with van der Waals surface area (Å²) in [5.74, 6) is -0.696. The SMILES string of the molecule is O=C(CN1CCN(c2ccccc2[N+](=O)[O-])CC1)N1CCN(S(=O)(=O)c2cccc(F)c2)CC1. The molecule has 0 spiro atoms. The molecule has 10 nitrogen and oxygen atoms in total. The Morgan fingerprint density at radius 1 is 0.941 bits per heavy atom. The molecule has 2 aromatic rings. The highest BCUT2D eigenvalue weighted by atomic mass is 32.2. The van der Waals surface area contributed by atoms with Crippen molar-refractivity contribution in [2.24, 2.45) is 0 Å². The zero-order valence-corrected chi connectivity index (χ0v) is 19.4. The van der Waals surface area contributed by atoms with E-state index in [0.29, 0.717) is 31.9 Å². The first-order chi connectivity index (χ1) is 16.3. The Bertz CT molecular complexity index is 1160. The first-order valence-corrected chi connectivity index (χ1v) is 12.4. The molecule has 2 heterocycles. The highest BCUT2D eigenvalue weighted by Crippen LogP contribution is 2.28. The number of nitro benzene ring substituents is 1. The lowest BCUT2D eigenvalue weighted by molar-refractivity contribution is -0.384. The number of nitrogens with zero attached hydrogens (tertiary/aromatic N) is 5. The second kappa shape index (κ2) is 10.0. The summed E-state index contributed by atoms with van der Waals surface area (Å²) in [4.78, 5) is 29.2. The van der Waals surface area contributed by atoms with Crippen LogP contribution in [0, 0.1) is 15.9 Å². The fourth-order valence-corrected chi connectivity index (χ4v) is 5.73. The van der Waals surface area contributed by atoms with Crippen LogP contribution in [0.1, 0.15) is 0 Å². The van der Waals surface area contributed by atoms with Crippen molar-refractivity contribution in [3.63, 3.8) is 0 Å². The number of anilines is 1. The first kappa shape index (κ1) is 24.0. The third-order valence-corrected chi connectivity index (χ3v) is 8.07. The van der Waals surface area contributed by atoms with Crippen molar-refractivity contribution in [3.05, 3.63) is 64.5 Å². The lowest BCUT2D eigenvalue weighted by Crippen LogP contribution is -2.54. The molecule has 0 N–H and O–H groups in total. The quantitative estimate of drug-likeness (QED) is 0.444. The Morgan fingerprint density at radius 2 is 1.62 bits per heavy atom. The number of hydrogen-bond donors (Lipinski definition) is 0. The van der Waals surface area contributed by atoms with Gasteiger partial charge in [0.25, 0.3) is 5.69 Å². The van der Waals surface area contributed by atoms with Gasteiger partial charge in [-0.3, -0.25) is 19.8 Å². The Labute approximate surface area is 197 Å². The van der Waals surface area contributed by atoms with Crippen LogP contribution >= 0.6 is 0 Å². The molecule has 0 atom stereocenters. The molecule has 34 heavy (non-hydrogen) atoms. The topological polar surface area (TPSA) is 107 Å². The van der Waals surface area contributed by atoms with Crippen LogP contribution in [-0.4, -0.2) is 92.3 Å². The zero-order chi connectivity index (χ0) is 24.3. The highest BCUT2D eigenvalue weighted by Gasteiger charge is 2.31. The van der Waals surface area contributed by atoms with E-state index in [0.717, 1.165) is 6.07 Å². The minimum atomic E-state index is -3.81. The molecule has 2 fully saturated rings. The average molecular weight is 492 g/mol. The van der Waals surface area contributed by atoms with Gasteiger partial charge in [-0.1, -0.05) is 18.2 Å². The molecule has 2 aliphatic rings. The van der Waals surface area contributed by atoms with Crippen LogP contribution in [0.25, 0.3) is 0 Å². The third-order valence-electron chi connectivity index (χ3n) is 6.18. The Morgan fingerprint density at radius 3 is 2.26 bits per heavy atom. The van der Waals surface area contributed by atoms with Gasteiger partial charge in [0.15, 0.2) is 0 Å². The summed E-state index contributed by atoms with van der Waals surface area (Å²) in [5.41, 5.74) is 0.646. The largest absolute Gasteiger partial charge is 0.363 e. The summed E-state index contributed by atoms with van der Waals surface area (Å²) in [7, 11) is -3.81. The predicted molar refractivity (Wildman–Crippen MR) is 123 cm³/mol. The number of halogens is 1. The van der Waals surface area contributed by atoms with E-state index in [2.05, 4.69) is 0 Å². The molecule has 0 radical (unpaired) electrons. The molecule has 2 saturated heterocycles. The molecule has 182 valence electrons. The van der Waals surface area contributed by atoms with Gasteiger partial charge in [-0.25, -0.2) is 12.8 Å². The zero-order valence-electron chi connectivity index (χ0n) is 18.5. The number of rotatable bonds is 6. The number of piperazine rings is 2. The Hall–Kier alpha value is -3.09. The van der Waals surface area contributed by atoms with Crippen LogP contribution in [0.3, 0.4) is 0 Å². The van der Waals surface area contributed by atoms with Gasteiger partial charge in [0, 0.05) is 58.4 Å². The van der Waals surface area contributed by atoms with E-state index in [1.165, 1.54) is 28.6 Å². The van der Waals surface area contributed by atoms with Gasteiger partial charge in [0.05, 0.1) is 16.4 Å². The van der Waals surface area contributed by atoms with Crippen molar-refractivity contribution >= 4 is 27.3 Å². The van der Waals surface area contributed by atoms with Crippen molar-refractivity contribution in [1.29, 1.82) is 0 Å². The molecule has 4 rings (SSSR count). The number of carbonyl (C=O) groups excluding carboxylic acids is 1. The normalized spacial score (nSPS) is 18.1. The van der Waals surface area contributed by atoms with E-state index in [1.54, 1.807) is 23.1 Å². The van der Waals surface area contributed by atoms with Crippen LogP contribution in [0.2, 0.25) is 0 Å². The minimum Gasteiger partial charge on any atom is -0.363 e. The second-order valence-electron chi connectivity index (χ2n) is 8.25. The van der Waals surface area contributed by atoms with E-state index in [4.69, 9.17) is 0 Å². The van der Waals surface area contributed by atoms with E-state index >= 15 is 0 Å². The van der Waals surface area contributed by atoms with Gasteiger partial charge in [0.1, 0.15) is 11.5 Å². The summed E-state index contributed by atoms with van der Waals surface area (Å²) in [6.45, 7) is 3.35. The lowest BCUT2D eigenvalue weighted by Gasteiger charge is -2.38. The molecule has 1 amide bonds. The van der Waals surface area contributed by atoms with Crippen LogP contribution in [0.4, 0.5) is 15.8 Å². The van der Waals surface area contributed by atoms with Gasteiger partial charge in [-0.2, -0.15) is 4.31 Å². The molecule has 0 bridgehead atoms. The molecule has 2 aliphatic heterocycles. The number of nitro groups is 1. The van der Waals surface area contributed by atoms with Gasteiger partial charge < -0.3 is 9.80 Å². The monoisotopic (exact) mass is 491 g/mol. The maximum atomic E-state index is 13.5. The first-order valence-electron chi connectivity index (χ1n) is 11.0. The fraction of sp³-hybridized carbons (Fsp3) is 0.409. The smallest absolute Gasteiger partial charge is 0.292 e. The molecule has 0 aromatic heterocycles. The van der Waals surface area contributed by atoms with Gasteiger partial charge in [-0.15, -0.1) is 0 Å². The Kier molecular flexibility index (Phi) is 7.10. The van der Waals surface area contributed by atoms with Crippen LogP contribution in [0.5, 0.6) is 0 Å². The molecule has 0 unspecified atom stereocenters. The number of sulfonamides is 1. The maximum Gasteiger partial charge on any atom is 0.292 e. The summed E-state index contributed by atoms with van der Waals surface area (Å²) in [5, 5.41) is 11.3. The molecule has 0 aliphatic carbocycles. The third kappa shape index (κ3) is 5.18. The number of amides is 1.